The summed E-state index contributed by atoms with van der Waals surface area (Å²) in [4.78, 5) is 5.46. The molecule has 1 N–H and O–H groups in total. The Morgan fingerprint density at radius 3 is 2.47 bits per heavy atom. The lowest BCUT2D eigenvalue weighted by atomic mass is 9.66. The first-order valence-corrected chi connectivity index (χ1v) is 17.0. The molecule has 2 aliphatic heterocycles. The minimum atomic E-state index is -1.92. The number of hydrogen-bond donors (Lipinski definition) is 1. The van der Waals surface area contributed by atoms with Crippen molar-refractivity contribution in [1.29, 1.82) is 0 Å². The van der Waals surface area contributed by atoms with E-state index in [1.807, 2.05) is 0 Å². The molecule has 1 aromatic heterocycles. The normalized spacial score (nSPS) is 28.7. The summed E-state index contributed by atoms with van der Waals surface area (Å²) < 4.78 is 18.5. The number of aliphatic hydroxyl groups is 1. The fraction of sp³-hybridized carbons (Fsp3) is 0.767. The van der Waals surface area contributed by atoms with Gasteiger partial charge in [0.2, 0.25) is 0 Å². The van der Waals surface area contributed by atoms with Crippen molar-refractivity contribution in [3.63, 3.8) is 0 Å². The third kappa shape index (κ3) is 4.66. The van der Waals surface area contributed by atoms with Crippen LogP contribution in [0.15, 0.2) is 6.08 Å². The predicted octanol–water partition coefficient (Wildman–Crippen LogP) is 6.28. The zero-order chi connectivity index (χ0) is 25.9. The van der Waals surface area contributed by atoms with Crippen LogP contribution < -0.4 is 0 Å². The largest absolute Gasteiger partial charge is 0.413 e. The number of pyridine rings is 1. The maximum absolute atomic E-state index is 10.9. The monoisotopic (exact) mass is 513 g/mol. The number of rotatable bonds is 5. The van der Waals surface area contributed by atoms with Gasteiger partial charge < -0.3 is 19.0 Å². The highest BCUT2D eigenvalue weighted by atomic mass is 28.4. The van der Waals surface area contributed by atoms with Crippen LogP contribution in [0.1, 0.15) is 101 Å². The minimum absolute atomic E-state index is 0.00773. The van der Waals surface area contributed by atoms with Crippen LogP contribution in [0.3, 0.4) is 0 Å². The summed E-state index contributed by atoms with van der Waals surface area (Å²) in [5.74, 6) is 0.352. The van der Waals surface area contributed by atoms with Gasteiger partial charge >= 0.3 is 0 Å². The van der Waals surface area contributed by atoms with Crippen molar-refractivity contribution in [2.45, 2.75) is 115 Å². The van der Waals surface area contributed by atoms with Crippen LogP contribution in [-0.4, -0.2) is 50.9 Å². The summed E-state index contributed by atoms with van der Waals surface area (Å²) in [5.41, 5.74) is 7.64. The molecule has 0 bridgehead atoms. The Kier molecular flexibility index (Phi) is 6.86. The fourth-order valence-corrected chi connectivity index (χ4v) is 8.17. The molecule has 4 aliphatic rings. The van der Waals surface area contributed by atoms with Crippen LogP contribution in [0, 0.1) is 5.41 Å². The minimum Gasteiger partial charge on any atom is -0.413 e. The standard InChI is InChI=1S/C30H47NO4Si/c1-28(2,3)36(6,7)35-24-17-30(24)19-29(4,5)16-23-26(30)25(20-8-12-33-13-9-20)22(18-32)27(31-23)21-10-14-34-15-11-21/h8,21,24,32H,9-19H2,1-7H3. The first-order chi connectivity index (χ1) is 16.9. The molecule has 5 rings (SSSR count). The Morgan fingerprint density at radius 1 is 1.14 bits per heavy atom. The molecule has 1 aromatic rings. The van der Waals surface area contributed by atoms with Gasteiger partial charge in [0.1, 0.15) is 0 Å². The second-order valence-electron chi connectivity index (χ2n) is 14.0. The topological polar surface area (TPSA) is 60.8 Å². The lowest BCUT2D eigenvalue weighted by Gasteiger charge is -2.42. The molecular formula is C30H47NO4Si. The van der Waals surface area contributed by atoms with Crippen molar-refractivity contribution in [2.24, 2.45) is 5.41 Å². The highest BCUT2D eigenvalue weighted by Gasteiger charge is 2.64. The molecule has 2 unspecified atom stereocenters. The van der Waals surface area contributed by atoms with E-state index < -0.39 is 8.32 Å². The molecular weight excluding hydrogens is 466 g/mol. The van der Waals surface area contributed by atoms with Gasteiger partial charge in [0.15, 0.2) is 8.32 Å². The maximum atomic E-state index is 10.9. The second kappa shape index (κ2) is 9.30. The van der Waals surface area contributed by atoms with Crippen molar-refractivity contribution in [3.8, 4) is 0 Å². The van der Waals surface area contributed by atoms with Crippen molar-refractivity contribution >= 4 is 13.9 Å². The molecule has 1 spiro atoms. The van der Waals surface area contributed by atoms with Crippen molar-refractivity contribution in [3.05, 3.63) is 34.2 Å². The summed E-state index contributed by atoms with van der Waals surface area (Å²) in [6.45, 7) is 19.5. The molecule has 2 atom stereocenters. The van der Waals surface area contributed by atoms with E-state index in [-0.39, 0.29) is 28.6 Å². The molecule has 1 saturated carbocycles. The molecule has 1 saturated heterocycles. The zero-order valence-corrected chi connectivity index (χ0v) is 24.6. The average molecular weight is 514 g/mol. The van der Waals surface area contributed by atoms with E-state index in [9.17, 15) is 5.11 Å². The Morgan fingerprint density at radius 2 is 1.86 bits per heavy atom. The van der Waals surface area contributed by atoms with Gasteiger partial charge in [0.05, 0.1) is 31.6 Å². The SMILES string of the molecule is CC1(C)Cc2nc(C3CCOCC3)c(CO)c(C3=CCOCC3)c2C2(CC2O[Si](C)(C)C(C)(C)C)C1. The first kappa shape index (κ1) is 26.5. The van der Waals surface area contributed by atoms with Crippen molar-refractivity contribution < 1.29 is 19.0 Å². The molecule has 3 heterocycles. The molecule has 0 radical (unpaired) electrons. The van der Waals surface area contributed by atoms with Crippen LogP contribution >= 0.6 is 0 Å². The Labute approximate surface area is 219 Å². The quantitative estimate of drug-likeness (QED) is 0.470. The van der Waals surface area contributed by atoms with Gasteiger partial charge in [-0.3, -0.25) is 4.98 Å². The van der Waals surface area contributed by atoms with Crippen molar-refractivity contribution in [2.75, 3.05) is 26.4 Å². The lowest BCUT2D eigenvalue weighted by Crippen LogP contribution is -2.44. The Balaban J connectivity index is 1.68. The van der Waals surface area contributed by atoms with E-state index in [1.165, 1.54) is 22.4 Å². The van der Waals surface area contributed by atoms with E-state index in [2.05, 4.69) is 53.8 Å². The third-order valence-electron chi connectivity index (χ3n) is 9.64. The van der Waals surface area contributed by atoms with Gasteiger partial charge in [0.25, 0.3) is 0 Å². The second-order valence-corrected chi connectivity index (χ2v) is 18.8. The lowest BCUT2D eigenvalue weighted by molar-refractivity contribution is 0.0838. The van der Waals surface area contributed by atoms with E-state index in [1.54, 1.807) is 0 Å². The number of hydrogen-bond acceptors (Lipinski definition) is 5. The van der Waals surface area contributed by atoms with Crippen LogP contribution in [0.4, 0.5) is 0 Å². The molecule has 36 heavy (non-hydrogen) atoms. The Bertz CT molecular complexity index is 1030. The first-order valence-electron chi connectivity index (χ1n) is 14.1. The summed E-state index contributed by atoms with van der Waals surface area (Å²) in [6.07, 6.45) is 8.50. The number of ether oxygens (including phenoxy) is 2. The number of nitrogens with zero attached hydrogens (tertiary/aromatic N) is 1. The molecule has 2 aliphatic carbocycles. The molecule has 6 heteroatoms. The third-order valence-corrected chi connectivity index (χ3v) is 14.1. The fourth-order valence-electron chi connectivity index (χ4n) is 6.80. The van der Waals surface area contributed by atoms with Gasteiger partial charge in [-0.2, -0.15) is 0 Å². The van der Waals surface area contributed by atoms with Crippen LogP contribution in [0.5, 0.6) is 0 Å². The van der Waals surface area contributed by atoms with Gasteiger partial charge in [-0.05, 0) is 78.8 Å². The predicted molar refractivity (Wildman–Crippen MR) is 147 cm³/mol. The molecule has 0 amide bonds. The van der Waals surface area contributed by atoms with Gasteiger partial charge in [-0.25, -0.2) is 0 Å². The summed E-state index contributed by atoms with van der Waals surface area (Å²) >= 11 is 0. The van der Waals surface area contributed by atoms with Crippen LogP contribution in [0.2, 0.25) is 18.1 Å². The average Bonchev–Trinajstić information content (AvgIpc) is 3.47. The van der Waals surface area contributed by atoms with E-state index in [0.29, 0.717) is 12.5 Å². The summed E-state index contributed by atoms with van der Waals surface area (Å²) in [6, 6.07) is 0. The van der Waals surface area contributed by atoms with E-state index >= 15 is 0 Å². The van der Waals surface area contributed by atoms with Crippen LogP contribution in [-0.2, 0) is 32.3 Å². The molecule has 200 valence electrons. The van der Waals surface area contributed by atoms with Crippen molar-refractivity contribution in [1.82, 2.24) is 4.98 Å². The molecule has 5 nitrogen and oxygen atoms in total. The van der Waals surface area contributed by atoms with Crippen LogP contribution in [0.25, 0.3) is 5.57 Å². The van der Waals surface area contributed by atoms with E-state index in [0.717, 1.165) is 69.6 Å². The molecule has 2 fully saturated rings. The summed E-state index contributed by atoms with van der Waals surface area (Å²) in [5, 5.41) is 11.0. The van der Waals surface area contributed by atoms with Gasteiger partial charge in [-0.15, -0.1) is 0 Å². The maximum Gasteiger partial charge on any atom is 0.192 e. The zero-order valence-electron chi connectivity index (χ0n) is 23.6. The number of aliphatic hydroxyl groups excluding tert-OH is 1. The van der Waals surface area contributed by atoms with Gasteiger partial charge in [0, 0.05) is 35.8 Å². The number of aromatic nitrogens is 1. The highest BCUT2D eigenvalue weighted by molar-refractivity contribution is 6.74. The van der Waals surface area contributed by atoms with E-state index in [4.69, 9.17) is 18.9 Å². The Hall–Kier alpha value is -1.05. The highest BCUT2D eigenvalue weighted by Crippen LogP contribution is 2.64. The summed E-state index contributed by atoms with van der Waals surface area (Å²) in [7, 11) is -1.92. The smallest absolute Gasteiger partial charge is 0.192 e. The number of fused-ring (bicyclic) bond motifs is 2. The van der Waals surface area contributed by atoms with Gasteiger partial charge in [-0.1, -0.05) is 40.7 Å². The molecule has 0 aromatic carbocycles.